The van der Waals surface area contributed by atoms with Crippen molar-refractivity contribution < 1.29 is 32.2 Å². The van der Waals surface area contributed by atoms with Crippen LogP contribution >= 0.6 is 0 Å². The lowest BCUT2D eigenvalue weighted by Gasteiger charge is -2.19. The van der Waals surface area contributed by atoms with Crippen LogP contribution in [-0.4, -0.2) is 18.5 Å². The van der Waals surface area contributed by atoms with Crippen LogP contribution in [0.3, 0.4) is 0 Å². The highest BCUT2D eigenvalue weighted by Crippen LogP contribution is 2.32. The normalized spacial score (nSPS) is 12.4. The molecule has 0 N–H and O–H groups in total. The third-order valence-electron chi connectivity index (χ3n) is 3.13. The number of rotatable bonds is 7. The first kappa shape index (κ1) is 19.7. The van der Waals surface area contributed by atoms with E-state index in [1.807, 2.05) is 6.92 Å². The maximum Gasteiger partial charge on any atom is 0.416 e. The summed E-state index contributed by atoms with van der Waals surface area (Å²) >= 11 is 0. The van der Waals surface area contributed by atoms with E-state index in [2.05, 4.69) is 6.58 Å². The molecule has 1 atom stereocenters. The molecule has 0 aliphatic carbocycles. The summed E-state index contributed by atoms with van der Waals surface area (Å²) < 4.78 is 47.9. The van der Waals surface area contributed by atoms with Gasteiger partial charge in [-0.3, -0.25) is 4.79 Å². The van der Waals surface area contributed by atoms with Crippen molar-refractivity contribution >= 4 is 11.9 Å². The Labute approximate surface area is 138 Å². The third kappa shape index (κ3) is 5.72. The van der Waals surface area contributed by atoms with Crippen LogP contribution in [0.4, 0.5) is 13.2 Å². The van der Waals surface area contributed by atoms with Gasteiger partial charge in [0.25, 0.3) is 0 Å². The number of benzene rings is 1. The lowest BCUT2D eigenvalue weighted by molar-refractivity contribution is -0.148. The molecule has 0 bridgehead atoms. The summed E-state index contributed by atoms with van der Waals surface area (Å²) in [5, 5.41) is 0. The van der Waals surface area contributed by atoms with Gasteiger partial charge in [0.05, 0.1) is 17.7 Å². The van der Waals surface area contributed by atoms with Gasteiger partial charge < -0.3 is 9.47 Å². The van der Waals surface area contributed by atoms with Crippen molar-refractivity contribution in [1.29, 1.82) is 0 Å². The molecule has 1 aromatic rings. The Kier molecular flexibility index (Phi) is 7.00. The number of carbonyl (C=O) groups is 2. The Morgan fingerprint density at radius 2 is 1.79 bits per heavy atom. The van der Waals surface area contributed by atoms with Crippen LogP contribution in [0, 0.1) is 0 Å². The van der Waals surface area contributed by atoms with E-state index in [9.17, 15) is 22.8 Å². The summed E-state index contributed by atoms with van der Waals surface area (Å²) in [5.41, 5.74) is -0.791. The minimum Gasteiger partial charge on any atom is -0.462 e. The molecule has 0 aromatic heterocycles. The number of hydrogen-bond acceptors (Lipinski definition) is 4. The molecule has 0 amide bonds. The largest absolute Gasteiger partial charge is 0.462 e. The van der Waals surface area contributed by atoms with Gasteiger partial charge in [-0.05, 0) is 24.1 Å². The van der Waals surface area contributed by atoms with Gasteiger partial charge in [0, 0.05) is 6.92 Å². The zero-order chi connectivity index (χ0) is 18.3. The molecule has 24 heavy (non-hydrogen) atoms. The van der Waals surface area contributed by atoms with E-state index in [0.717, 1.165) is 37.6 Å². The summed E-state index contributed by atoms with van der Waals surface area (Å²) in [6.07, 6.45) is -4.19. The van der Waals surface area contributed by atoms with Crippen LogP contribution in [0.25, 0.3) is 0 Å². The molecule has 4 nitrogen and oxygen atoms in total. The molecule has 0 aliphatic rings. The highest BCUT2D eigenvalue weighted by Gasteiger charge is 2.31. The van der Waals surface area contributed by atoms with Crippen LogP contribution < -0.4 is 0 Å². The molecule has 7 heteroatoms. The van der Waals surface area contributed by atoms with Gasteiger partial charge >= 0.3 is 18.1 Å². The fourth-order valence-corrected chi connectivity index (χ4v) is 1.86. The zero-order valence-corrected chi connectivity index (χ0v) is 13.5. The Morgan fingerprint density at radius 3 is 2.25 bits per heavy atom. The quantitative estimate of drug-likeness (QED) is 0.422. The lowest BCUT2D eigenvalue weighted by atomic mass is 10.0. The van der Waals surface area contributed by atoms with Crippen molar-refractivity contribution in [2.24, 2.45) is 0 Å². The van der Waals surface area contributed by atoms with Crippen molar-refractivity contribution in [3.63, 3.8) is 0 Å². The van der Waals surface area contributed by atoms with E-state index in [1.54, 1.807) is 0 Å². The minimum absolute atomic E-state index is 0.152. The summed E-state index contributed by atoms with van der Waals surface area (Å²) in [4.78, 5) is 23.2. The van der Waals surface area contributed by atoms with E-state index in [4.69, 9.17) is 9.47 Å². The third-order valence-corrected chi connectivity index (χ3v) is 3.13. The molecule has 0 fully saturated rings. The van der Waals surface area contributed by atoms with E-state index in [-0.39, 0.29) is 17.7 Å². The van der Waals surface area contributed by atoms with E-state index < -0.39 is 29.8 Å². The second kappa shape index (κ2) is 8.52. The molecule has 1 aromatic carbocycles. The maximum absolute atomic E-state index is 12.6. The van der Waals surface area contributed by atoms with Crippen LogP contribution in [0.1, 0.15) is 43.9 Å². The molecule has 0 heterocycles. The Hall–Kier alpha value is -2.31. The predicted octanol–water partition coefficient (Wildman–Crippen LogP) is 4.21. The van der Waals surface area contributed by atoms with Crippen molar-refractivity contribution in [2.75, 3.05) is 6.61 Å². The highest BCUT2D eigenvalue weighted by molar-refractivity contribution is 5.89. The first-order valence-electron chi connectivity index (χ1n) is 7.37. The maximum atomic E-state index is 12.6. The van der Waals surface area contributed by atoms with Gasteiger partial charge in [-0.25, -0.2) is 4.79 Å². The Morgan fingerprint density at radius 1 is 1.21 bits per heavy atom. The number of hydrogen-bond donors (Lipinski definition) is 0. The first-order chi connectivity index (χ1) is 11.2. The van der Waals surface area contributed by atoms with Gasteiger partial charge in [0.2, 0.25) is 0 Å². The van der Waals surface area contributed by atoms with Gasteiger partial charge in [0.15, 0.2) is 6.10 Å². The zero-order valence-electron chi connectivity index (χ0n) is 13.5. The van der Waals surface area contributed by atoms with Gasteiger partial charge in [-0.2, -0.15) is 13.2 Å². The minimum atomic E-state index is -4.48. The average molecular weight is 344 g/mol. The molecule has 0 saturated heterocycles. The van der Waals surface area contributed by atoms with Crippen molar-refractivity contribution in [1.82, 2.24) is 0 Å². The van der Waals surface area contributed by atoms with Crippen LogP contribution in [-0.2, 0) is 25.2 Å². The summed E-state index contributed by atoms with van der Waals surface area (Å²) in [5.74, 6) is -1.45. The van der Waals surface area contributed by atoms with Gasteiger partial charge in [0.1, 0.15) is 0 Å². The smallest absolute Gasteiger partial charge is 0.416 e. The molecule has 1 rings (SSSR count). The summed E-state index contributed by atoms with van der Waals surface area (Å²) in [6.45, 7) is 6.80. The molecule has 132 valence electrons. The van der Waals surface area contributed by atoms with Crippen LogP contribution in [0.5, 0.6) is 0 Å². The lowest BCUT2D eigenvalue weighted by Crippen LogP contribution is -2.19. The number of alkyl halides is 3. The predicted molar refractivity (Wildman–Crippen MR) is 81.0 cm³/mol. The summed E-state index contributed by atoms with van der Waals surface area (Å²) in [7, 11) is 0. The van der Waals surface area contributed by atoms with Crippen molar-refractivity contribution in [2.45, 2.75) is 39.0 Å². The van der Waals surface area contributed by atoms with Crippen LogP contribution in [0.2, 0.25) is 0 Å². The SMILES string of the molecule is C=C(C(=O)OCCCC)C(OC(C)=O)c1ccc(C(F)(F)F)cc1. The fraction of sp³-hybridized carbons (Fsp3) is 0.412. The molecule has 1 unspecified atom stereocenters. The number of unbranched alkanes of at least 4 members (excludes halogenated alkanes) is 1. The number of carbonyl (C=O) groups excluding carboxylic acids is 2. The second-order valence-corrected chi connectivity index (χ2v) is 5.12. The molecule has 0 radical (unpaired) electrons. The van der Waals surface area contributed by atoms with E-state index in [1.165, 1.54) is 0 Å². The Bertz CT molecular complexity index is 591. The fourth-order valence-electron chi connectivity index (χ4n) is 1.86. The summed E-state index contributed by atoms with van der Waals surface area (Å²) in [6, 6.07) is 3.98. The molecular weight excluding hydrogens is 325 g/mol. The highest BCUT2D eigenvalue weighted by atomic mass is 19.4. The second-order valence-electron chi connectivity index (χ2n) is 5.12. The number of esters is 2. The average Bonchev–Trinajstić information content (AvgIpc) is 2.51. The van der Waals surface area contributed by atoms with E-state index >= 15 is 0 Å². The van der Waals surface area contributed by atoms with Crippen LogP contribution in [0.15, 0.2) is 36.4 Å². The molecule has 0 saturated carbocycles. The number of halogens is 3. The van der Waals surface area contributed by atoms with Gasteiger partial charge in [-0.1, -0.05) is 32.1 Å². The Balaban J connectivity index is 2.98. The first-order valence-corrected chi connectivity index (χ1v) is 7.37. The molecule has 0 spiro atoms. The standard InChI is InChI=1S/C17H19F3O4/c1-4-5-10-23-16(22)11(2)15(24-12(3)21)13-6-8-14(9-7-13)17(18,19)20/h6-9,15H,2,4-5,10H2,1,3H3. The number of ether oxygens (including phenoxy) is 2. The monoisotopic (exact) mass is 344 g/mol. The van der Waals surface area contributed by atoms with E-state index in [0.29, 0.717) is 6.42 Å². The molecule has 0 aliphatic heterocycles. The van der Waals surface area contributed by atoms with Crippen molar-refractivity contribution in [3.8, 4) is 0 Å². The van der Waals surface area contributed by atoms with Crippen molar-refractivity contribution in [3.05, 3.63) is 47.5 Å². The molecular formula is C17H19F3O4. The van der Waals surface area contributed by atoms with Gasteiger partial charge in [-0.15, -0.1) is 0 Å². The topological polar surface area (TPSA) is 52.6 Å².